The normalized spacial score (nSPS) is 19.3. The molecule has 1 fully saturated rings. The Hall–Kier alpha value is -1.96. The maximum absolute atomic E-state index is 13.3. The molecule has 3 aromatic carbocycles. The highest BCUT2D eigenvalue weighted by Crippen LogP contribution is 2.39. The van der Waals surface area contributed by atoms with Crippen LogP contribution >= 0.6 is 23.2 Å². The first kappa shape index (κ1) is 23.2. The zero-order valence-corrected chi connectivity index (χ0v) is 19.9. The summed E-state index contributed by atoms with van der Waals surface area (Å²) in [6, 6.07) is 19.9. The summed E-state index contributed by atoms with van der Waals surface area (Å²) in [6.45, 7) is 2.57. The van der Waals surface area contributed by atoms with E-state index in [1.54, 1.807) is 7.05 Å². The van der Waals surface area contributed by atoms with E-state index in [4.69, 9.17) is 23.2 Å². The Morgan fingerprint density at radius 1 is 0.906 bits per heavy atom. The third kappa shape index (κ3) is 4.43. The third-order valence-corrected chi connectivity index (χ3v) is 8.54. The minimum atomic E-state index is -3.73. The number of sulfonamides is 1. The van der Waals surface area contributed by atoms with Crippen LogP contribution in [0.25, 0.3) is 0 Å². The van der Waals surface area contributed by atoms with Gasteiger partial charge in [0.2, 0.25) is 10.0 Å². The van der Waals surface area contributed by atoms with E-state index in [0.717, 1.165) is 23.3 Å². The van der Waals surface area contributed by atoms with E-state index >= 15 is 0 Å². The number of likely N-dealkylation sites (N-methyl/N-ethyl adjacent to an activating group) is 1. The molecule has 0 unspecified atom stereocenters. The van der Waals surface area contributed by atoms with Crippen molar-refractivity contribution in [2.45, 2.75) is 29.9 Å². The fraction of sp³-hybridized carbons (Fsp3) is 0.250. The molecule has 4 nitrogen and oxygen atoms in total. The summed E-state index contributed by atoms with van der Waals surface area (Å²) in [5, 5.41) is 1.31. The molecule has 0 amide bonds. The van der Waals surface area contributed by atoms with Gasteiger partial charge in [-0.1, -0.05) is 47.5 Å². The van der Waals surface area contributed by atoms with E-state index in [1.807, 2.05) is 55.5 Å². The summed E-state index contributed by atoms with van der Waals surface area (Å²) >= 11 is 12.2. The van der Waals surface area contributed by atoms with Gasteiger partial charge in [0.15, 0.2) is 0 Å². The average molecular weight is 493 g/mol. The molecule has 1 saturated heterocycles. The molecule has 0 bridgehead atoms. The molecule has 0 spiro atoms. The Bertz CT molecular complexity index is 1140. The molecule has 168 valence electrons. The Balaban J connectivity index is 1.60. The lowest BCUT2D eigenvalue weighted by Crippen LogP contribution is -2.66. The van der Waals surface area contributed by atoms with Crippen molar-refractivity contribution in [3.8, 4) is 0 Å². The van der Waals surface area contributed by atoms with E-state index in [9.17, 15) is 12.8 Å². The first-order valence-corrected chi connectivity index (χ1v) is 12.4. The van der Waals surface area contributed by atoms with Crippen LogP contribution in [0.4, 0.5) is 4.39 Å². The van der Waals surface area contributed by atoms with Crippen molar-refractivity contribution in [1.82, 2.24) is 9.21 Å². The fourth-order valence-electron chi connectivity index (χ4n) is 4.19. The first-order chi connectivity index (χ1) is 15.2. The molecule has 0 radical (unpaired) electrons. The lowest BCUT2D eigenvalue weighted by molar-refractivity contribution is -0.00103. The summed E-state index contributed by atoms with van der Waals surface area (Å²) in [6.07, 6.45) is 0. The number of rotatable bonds is 6. The maximum atomic E-state index is 13.3. The molecule has 0 saturated carbocycles. The summed E-state index contributed by atoms with van der Waals surface area (Å²) < 4.78 is 40.8. The van der Waals surface area contributed by atoms with Crippen LogP contribution in [-0.4, -0.2) is 43.3 Å². The van der Waals surface area contributed by atoms with Gasteiger partial charge in [0.05, 0.1) is 17.0 Å². The van der Waals surface area contributed by atoms with Gasteiger partial charge >= 0.3 is 0 Å². The van der Waals surface area contributed by atoms with Crippen LogP contribution in [0, 0.1) is 5.82 Å². The molecule has 2 atom stereocenters. The smallest absolute Gasteiger partial charge is 0.243 e. The summed E-state index contributed by atoms with van der Waals surface area (Å²) in [5.41, 5.74) is 2.12. The van der Waals surface area contributed by atoms with Gasteiger partial charge in [-0.05, 0) is 66.6 Å². The van der Waals surface area contributed by atoms with Gasteiger partial charge < -0.3 is 0 Å². The molecule has 1 heterocycles. The van der Waals surface area contributed by atoms with Crippen LogP contribution in [0.5, 0.6) is 0 Å². The van der Waals surface area contributed by atoms with Gasteiger partial charge in [0.25, 0.3) is 0 Å². The van der Waals surface area contributed by atoms with Gasteiger partial charge in [-0.3, -0.25) is 4.90 Å². The third-order valence-electron chi connectivity index (χ3n) is 6.14. The predicted octanol–water partition coefficient (Wildman–Crippen LogP) is 5.62. The minimum Gasteiger partial charge on any atom is -0.286 e. The van der Waals surface area contributed by atoms with Crippen LogP contribution in [0.3, 0.4) is 0 Å². The molecule has 0 aliphatic carbocycles. The molecule has 8 heteroatoms. The van der Waals surface area contributed by atoms with Crippen molar-refractivity contribution < 1.29 is 12.8 Å². The van der Waals surface area contributed by atoms with Gasteiger partial charge in [-0.15, -0.1) is 0 Å². The predicted molar refractivity (Wildman–Crippen MR) is 126 cm³/mol. The molecule has 0 N–H and O–H groups in total. The molecule has 1 aliphatic rings. The Morgan fingerprint density at radius 2 is 1.38 bits per heavy atom. The standard InChI is InChI=1S/C24H23Cl2FN2O2S/c1-16-23(28(2)32(30,31)22-13-11-21(27)12-14-22)15-29(16)24(17-3-7-19(25)8-4-17)18-5-9-20(26)10-6-18/h3-14,16,23-24H,15H2,1-2H3/t16-,23+/m0/s1. The molecule has 4 rings (SSSR count). The fourth-order valence-corrected chi connectivity index (χ4v) is 5.86. The van der Waals surface area contributed by atoms with Crippen molar-refractivity contribution in [3.63, 3.8) is 0 Å². The summed E-state index contributed by atoms with van der Waals surface area (Å²) in [7, 11) is -2.15. The molecular weight excluding hydrogens is 470 g/mol. The van der Waals surface area contributed by atoms with Gasteiger partial charge in [-0.2, -0.15) is 4.31 Å². The molecule has 0 aromatic heterocycles. The van der Waals surface area contributed by atoms with Crippen molar-refractivity contribution in [1.29, 1.82) is 0 Å². The van der Waals surface area contributed by atoms with Gasteiger partial charge in [0.1, 0.15) is 5.82 Å². The number of benzene rings is 3. The molecule has 1 aliphatic heterocycles. The Morgan fingerprint density at radius 3 is 1.81 bits per heavy atom. The maximum Gasteiger partial charge on any atom is 0.243 e. The Kier molecular flexibility index (Phi) is 6.61. The van der Waals surface area contributed by atoms with Crippen molar-refractivity contribution in [2.24, 2.45) is 0 Å². The summed E-state index contributed by atoms with van der Waals surface area (Å²) in [4.78, 5) is 2.34. The van der Waals surface area contributed by atoms with E-state index in [2.05, 4.69) is 4.90 Å². The minimum absolute atomic E-state index is 0.0495. The van der Waals surface area contributed by atoms with Crippen LogP contribution in [0.15, 0.2) is 77.7 Å². The first-order valence-electron chi connectivity index (χ1n) is 10.2. The van der Waals surface area contributed by atoms with Crippen molar-refractivity contribution in [3.05, 3.63) is 99.8 Å². The molecule has 3 aromatic rings. The largest absolute Gasteiger partial charge is 0.286 e. The quantitative estimate of drug-likeness (QED) is 0.448. The number of hydrogen-bond acceptors (Lipinski definition) is 3. The van der Waals surface area contributed by atoms with Crippen LogP contribution in [0.2, 0.25) is 10.0 Å². The van der Waals surface area contributed by atoms with Gasteiger partial charge in [-0.25, -0.2) is 12.8 Å². The van der Waals surface area contributed by atoms with Crippen LogP contribution < -0.4 is 0 Å². The number of hydrogen-bond donors (Lipinski definition) is 0. The second kappa shape index (κ2) is 9.12. The van der Waals surface area contributed by atoms with E-state index in [1.165, 1.54) is 16.4 Å². The van der Waals surface area contributed by atoms with E-state index in [0.29, 0.717) is 16.6 Å². The van der Waals surface area contributed by atoms with Crippen molar-refractivity contribution in [2.75, 3.05) is 13.6 Å². The highest BCUT2D eigenvalue weighted by Gasteiger charge is 2.46. The number of nitrogens with zero attached hydrogens (tertiary/aromatic N) is 2. The SMILES string of the molecule is C[C@H]1[C@H](N(C)S(=O)(=O)c2ccc(F)cc2)CN1C(c1ccc(Cl)cc1)c1ccc(Cl)cc1. The topological polar surface area (TPSA) is 40.6 Å². The average Bonchev–Trinajstić information content (AvgIpc) is 2.77. The second-order valence-corrected chi connectivity index (χ2v) is 10.9. The Labute approximate surface area is 198 Å². The second-order valence-electron chi connectivity index (χ2n) is 7.99. The van der Waals surface area contributed by atoms with Crippen LogP contribution in [0.1, 0.15) is 24.1 Å². The van der Waals surface area contributed by atoms with Gasteiger partial charge in [0, 0.05) is 29.7 Å². The van der Waals surface area contributed by atoms with E-state index < -0.39 is 15.8 Å². The zero-order chi connectivity index (χ0) is 23.0. The highest BCUT2D eigenvalue weighted by atomic mass is 35.5. The lowest BCUT2D eigenvalue weighted by Gasteiger charge is -2.53. The number of halogens is 3. The summed E-state index contributed by atoms with van der Waals surface area (Å²) in [5.74, 6) is -0.469. The van der Waals surface area contributed by atoms with Crippen LogP contribution in [-0.2, 0) is 10.0 Å². The number of likely N-dealkylation sites (tertiary alicyclic amines) is 1. The zero-order valence-electron chi connectivity index (χ0n) is 17.6. The highest BCUT2D eigenvalue weighted by molar-refractivity contribution is 7.89. The van der Waals surface area contributed by atoms with E-state index in [-0.39, 0.29) is 23.0 Å². The molecular formula is C24H23Cl2FN2O2S. The van der Waals surface area contributed by atoms with Crippen molar-refractivity contribution >= 4 is 33.2 Å². The lowest BCUT2D eigenvalue weighted by atomic mass is 9.88. The monoisotopic (exact) mass is 492 g/mol. The molecule has 32 heavy (non-hydrogen) atoms.